The first kappa shape index (κ1) is 26.7. The number of hydrogen-bond acceptors (Lipinski definition) is 4. The molecule has 0 atom stereocenters. The fraction of sp³-hybridized carbons (Fsp3) is 0.0333. The molecule has 0 saturated heterocycles. The minimum absolute atomic E-state index is 1.08. The number of hydrogen-bond donors (Lipinski definition) is 0. The summed E-state index contributed by atoms with van der Waals surface area (Å²) in [4.78, 5) is 0. The standard InChI is InChI=1S/C30H23BrN.ClHO4/c1-32-18-16-25(17-19-32)30-28(23-8-4-2-5-9-23)20-26(22-12-14-27(31)15-13-22)21-29(30)24-10-6-3-7-11-24;2-1(3,4)5/h2-21H,1H3;(H,2,3,4,5)/q+1;/p-1. The summed E-state index contributed by atoms with van der Waals surface area (Å²) in [6.07, 6.45) is 4.23. The average Bonchev–Trinajstić information content (AvgIpc) is 2.89. The van der Waals surface area contributed by atoms with Gasteiger partial charge in [0.15, 0.2) is 12.4 Å². The van der Waals surface area contributed by atoms with Gasteiger partial charge in [-0.3, -0.25) is 0 Å². The maximum Gasteiger partial charge on any atom is 0.169 e. The van der Waals surface area contributed by atoms with Crippen molar-refractivity contribution in [1.29, 1.82) is 0 Å². The molecule has 0 spiro atoms. The number of aryl methyl sites for hydroxylation is 1. The zero-order valence-corrected chi connectivity index (χ0v) is 22.2. The van der Waals surface area contributed by atoms with Crippen LogP contribution in [-0.4, -0.2) is 0 Å². The molecule has 0 amide bonds. The van der Waals surface area contributed by atoms with Gasteiger partial charge in [-0.25, -0.2) is 23.2 Å². The van der Waals surface area contributed by atoms with E-state index in [-0.39, 0.29) is 0 Å². The van der Waals surface area contributed by atoms with E-state index in [2.05, 4.69) is 149 Å². The molecule has 0 aliphatic heterocycles. The third kappa shape index (κ3) is 7.33. The highest BCUT2D eigenvalue weighted by Gasteiger charge is 2.17. The van der Waals surface area contributed by atoms with Crippen molar-refractivity contribution >= 4 is 15.9 Å². The van der Waals surface area contributed by atoms with Gasteiger partial charge in [0.2, 0.25) is 0 Å². The molecule has 7 heteroatoms. The Morgan fingerprint density at radius 3 is 1.41 bits per heavy atom. The Kier molecular flexibility index (Phi) is 8.51. The van der Waals surface area contributed by atoms with E-state index >= 15 is 0 Å². The Bertz CT molecular complexity index is 1390. The normalized spacial score (nSPS) is 11.0. The predicted molar refractivity (Wildman–Crippen MR) is 137 cm³/mol. The van der Waals surface area contributed by atoms with Crippen LogP contribution in [0.2, 0.25) is 0 Å². The Hall–Kier alpha value is -3.36. The van der Waals surface area contributed by atoms with Gasteiger partial charge in [0.25, 0.3) is 0 Å². The van der Waals surface area contributed by atoms with Gasteiger partial charge in [-0.05, 0) is 68.8 Å². The summed E-state index contributed by atoms with van der Waals surface area (Å²) in [6, 6.07) is 39.0. The second kappa shape index (κ2) is 11.8. The summed E-state index contributed by atoms with van der Waals surface area (Å²) in [6.45, 7) is 0. The first-order chi connectivity index (χ1) is 17.7. The Morgan fingerprint density at radius 1 is 0.541 bits per heavy atom. The molecule has 4 aromatic carbocycles. The van der Waals surface area contributed by atoms with E-state index in [9.17, 15) is 0 Å². The molecule has 5 rings (SSSR count). The first-order valence-corrected chi connectivity index (χ1v) is 13.3. The maximum absolute atomic E-state index is 8.49. The Labute approximate surface area is 226 Å². The molecule has 5 nitrogen and oxygen atoms in total. The third-order valence-electron chi connectivity index (χ3n) is 5.75. The molecular formula is C30H23BrClNO4. The van der Waals surface area contributed by atoms with Crippen LogP contribution in [-0.2, 0) is 7.05 Å². The summed E-state index contributed by atoms with van der Waals surface area (Å²) >= 11 is 3.57. The van der Waals surface area contributed by atoms with Gasteiger partial charge in [0.05, 0.1) is 0 Å². The molecule has 0 fully saturated rings. The minimum atomic E-state index is -4.94. The maximum atomic E-state index is 8.49. The Balaban J connectivity index is 0.000000586. The zero-order chi connectivity index (χ0) is 26.4. The highest BCUT2D eigenvalue weighted by atomic mass is 79.9. The second-order valence-corrected chi connectivity index (χ2v) is 9.99. The fourth-order valence-corrected chi connectivity index (χ4v) is 4.38. The lowest BCUT2D eigenvalue weighted by molar-refractivity contribution is -2.00. The lowest BCUT2D eigenvalue weighted by Crippen LogP contribution is -2.68. The summed E-state index contributed by atoms with van der Waals surface area (Å²) in [5.74, 6) is 0. The summed E-state index contributed by atoms with van der Waals surface area (Å²) < 4.78 is 37.1. The second-order valence-electron chi connectivity index (χ2n) is 8.32. The molecule has 0 aliphatic carbocycles. The van der Waals surface area contributed by atoms with Crippen LogP contribution in [0.3, 0.4) is 0 Å². The lowest BCUT2D eigenvalue weighted by atomic mass is 9.85. The fourth-order valence-electron chi connectivity index (χ4n) is 4.12. The molecule has 0 bridgehead atoms. The largest absolute Gasteiger partial charge is 0.222 e. The SMILES string of the molecule is C[n+]1ccc(-c2c(-c3ccccc3)cc(-c3ccc(Br)cc3)cc2-c2ccccc2)cc1.[O-][Cl+3]([O-])([O-])[O-]. The van der Waals surface area contributed by atoms with Crippen LogP contribution in [0, 0.1) is 10.2 Å². The van der Waals surface area contributed by atoms with Crippen LogP contribution in [0.25, 0.3) is 44.5 Å². The van der Waals surface area contributed by atoms with Crippen molar-refractivity contribution in [2.24, 2.45) is 7.05 Å². The topological polar surface area (TPSA) is 96.1 Å². The molecule has 5 aromatic rings. The molecule has 1 heterocycles. The highest BCUT2D eigenvalue weighted by Crippen LogP contribution is 2.43. The molecule has 1 aromatic heterocycles. The van der Waals surface area contributed by atoms with Crippen LogP contribution in [0.15, 0.2) is 126 Å². The monoisotopic (exact) mass is 575 g/mol. The minimum Gasteiger partial charge on any atom is -0.222 e. The molecular weight excluding hydrogens is 554 g/mol. The van der Waals surface area contributed by atoms with Gasteiger partial charge < -0.3 is 0 Å². The van der Waals surface area contributed by atoms with Gasteiger partial charge in [0.1, 0.15) is 7.05 Å². The van der Waals surface area contributed by atoms with Gasteiger partial charge in [0, 0.05) is 16.6 Å². The van der Waals surface area contributed by atoms with Crippen molar-refractivity contribution in [2.75, 3.05) is 0 Å². The van der Waals surface area contributed by atoms with Crippen LogP contribution < -0.4 is 23.2 Å². The van der Waals surface area contributed by atoms with Crippen molar-refractivity contribution in [2.45, 2.75) is 0 Å². The van der Waals surface area contributed by atoms with Crippen molar-refractivity contribution in [3.8, 4) is 44.5 Å². The number of halogens is 2. The van der Waals surface area contributed by atoms with Gasteiger partial charge in [-0.1, -0.05) is 88.7 Å². The van der Waals surface area contributed by atoms with E-state index in [0.29, 0.717) is 0 Å². The van der Waals surface area contributed by atoms with Crippen molar-refractivity contribution in [3.05, 3.63) is 126 Å². The van der Waals surface area contributed by atoms with E-state index in [4.69, 9.17) is 18.6 Å². The lowest BCUT2D eigenvalue weighted by Gasteiger charge is -2.19. The van der Waals surface area contributed by atoms with E-state index < -0.39 is 10.2 Å². The molecule has 186 valence electrons. The number of benzene rings is 4. The predicted octanol–water partition coefficient (Wildman–Crippen LogP) is 3.19. The van der Waals surface area contributed by atoms with E-state index in [1.807, 2.05) is 0 Å². The first-order valence-electron chi connectivity index (χ1n) is 11.3. The number of rotatable bonds is 4. The smallest absolute Gasteiger partial charge is 0.169 e. The van der Waals surface area contributed by atoms with Crippen LogP contribution in [0.1, 0.15) is 0 Å². The van der Waals surface area contributed by atoms with Gasteiger partial charge >= 0.3 is 0 Å². The molecule has 0 saturated carbocycles. The number of nitrogens with zero attached hydrogens (tertiary/aromatic N) is 1. The average molecular weight is 577 g/mol. The summed E-state index contributed by atoms with van der Waals surface area (Å²) in [7, 11) is -2.89. The van der Waals surface area contributed by atoms with Crippen LogP contribution in [0.5, 0.6) is 0 Å². The van der Waals surface area contributed by atoms with E-state index in [0.717, 1.165) is 4.47 Å². The molecule has 0 N–H and O–H groups in total. The zero-order valence-electron chi connectivity index (χ0n) is 19.9. The van der Waals surface area contributed by atoms with Crippen LogP contribution in [0.4, 0.5) is 0 Å². The number of pyridine rings is 1. The van der Waals surface area contributed by atoms with Crippen molar-refractivity contribution in [1.82, 2.24) is 0 Å². The van der Waals surface area contributed by atoms with E-state index in [1.54, 1.807) is 0 Å². The third-order valence-corrected chi connectivity index (χ3v) is 6.28. The Morgan fingerprint density at radius 2 is 0.973 bits per heavy atom. The summed E-state index contributed by atoms with van der Waals surface area (Å²) in [5, 5.41) is 0. The summed E-state index contributed by atoms with van der Waals surface area (Å²) in [5.41, 5.74) is 9.78. The van der Waals surface area contributed by atoms with E-state index in [1.165, 1.54) is 44.5 Å². The molecule has 0 unspecified atom stereocenters. The molecule has 0 aliphatic rings. The highest BCUT2D eigenvalue weighted by molar-refractivity contribution is 9.10. The van der Waals surface area contributed by atoms with Crippen LogP contribution >= 0.6 is 15.9 Å². The molecule has 37 heavy (non-hydrogen) atoms. The van der Waals surface area contributed by atoms with Crippen molar-refractivity contribution in [3.63, 3.8) is 0 Å². The van der Waals surface area contributed by atoms with Gasteiger partial charge in [-0.15, -0.1) is 10.2 Å². The quantitative estimate of drug-likeness (QED) is 0.307. The van der Waals surface area contributed by atoms with Gasteiger partial charge in [-0.2, -0.15) is 0 Å². The molecule has 0 radical (unpaired) electrons. The number of aromatic nitrogens is 1. The van der Waals surface area contributed by atoms with Crippen molar-refractivity contribution < 1.29 is 33.4 Å².